The fourth-order valence-electron chi connectivity index (χ4n) is 3.73. The summed E-state index contributed by atoms with van der Waals surface area (Å²) in [6, 6.07) is 8.46. The molecule has 9 heteroatoms. The van der Waals surface area contributed by atoms with Crippen LogP contribution in [0.25, 0.3) is 0 Å². The SMILES string of the molecule is CNC(=O)c1cc(Cl)ncc1NC(=O)C1(c2ccccc2C(C)C)CN(C(N)=O)C1. The smallest absolute Gasteiger partial charge is 0.314 e. The number of nitrogens with two attached hydrogens (primary N) is 1. The molecule has 158 valence electrons. The van der Waals surface area contributed by atoms with Crippen LogP contribution >= 0.6 is 11.6 Å². The largest absolute Gasteiger partial charge is 0.355 e. The van der Waals surface area contributed by atoms with Gasteiger partial charge in [-0.15, -0.1) is 0 Å². The Morgan fingerprint density at radius 3 is 2.50 bits per heavy atom. The van der Waals surface area contributed by atoms with E-state index >= 15 is 0 Å². The maximum atomic E-state index is 13.5. The van der Waals surface area contributed by atoms with Gasteiger partial charge in [-0.2, -0.15) is 0 Å². The van der Waals surface area contributed by atoms with Gasteiger partial charge in [0.15, 0.2) is 0 Å². The Labute approximate surface area is 179 Å². The van der Waals surface area contributed by atoms with E-state index in [1.54, 1.807) is 0 Å². The Morgan fingerprint density at radius 2 is 1.90 bits per heavy atom. The number of nitrogens with one attached hydrogen (secondary N) is 2. The van der Waals surface area contributed by atoms with Crippen molar-refractivity contribution >= 4 is 35.1 Å². The molecule has 3 rings (SSSR count). The van der Waals surface area contributed by atoms with Crippen molar-refractivity contribution in [1.82, 2.24) is 15.2 Å². The highest BCUT2D eigenvalue weighted by molar-refractivity contribution is 6.30. The highest BCUT2D eigenvalue weighted by atomic mass is 35.5. The molecule has 2 aromatic rings. The Kier molecular flexibility index (Phi) is 5.98. The topological polar surface area (TPSA) is 117 Å². The van der Waals surface area contributed by atoms with E-state index in [-0.39, 0.29) is 41.3 Å². The van der Waals surface area contributed by atoms with Crippen LogP contribution in [0, 0.1) is 0 Å². The van der Waals surface area contributed by atoms with Crippen molar-refractivity contribution in [2.45, 2.75) is 25.2 Å². The lowest BCUT2D eigenvalue weighted by atomic mass is 9.69. The first-order chi connectivity index (χ1) is 14.2. The Morgan fingerprint density at radius 1 is 1.23 bits per heavy atom. The number of nitrogens with zero attached hydrogens (tertiary/aromatic N) is 2. The fraction of sp³-hybridized carbons (Fsp3) is 0.333. The van der Waals surface area contributed by atoms with Crippen LogP contribution in [0.3, 0.4) is 0 Å². The molecule has 0 unspecified atom stereocenters. The summed E-state index contributed by atoms with van der Waals surface area (Å²) in [5, 5.41) is 5.47. The second-order valence-corrected chi connectivity index (χ2v) is 7.99. The quantitative estimate of drug-likeness (QED) is 0.633. The number of halogens is 1. The predicted molar refractivity (Wildman–Crippen MR) is 115 cm³/mol. The van der Waals surface area contributed by atoms with Crippen molar-refractivity contribution < 1.29 is 14.4 Å². The van der Waals surface area contributed by atoms with E-state index in [1.165, 1.54) is 24.2 Å². The van der Waals surface area contributed by atoms with Gasteiger partial charge >= 0.3 is 6.03 Å². The molecule has 1 saturated heterocycles. The second kappa shape index (κ2) is 8.31. The Hall–Kier alpha value is -3.13. The number of aromatic nitrogens is 1. The third-order valence-electron chi connectivity index (χ3n) is 5.36. The number of primary amides is 1. The van der Waals surface area contributed by atoms with Gasteiger partial charge in [0.25, 0.3) is 5.91 Å². The number of carbonyl (C=O) groups is 3. The molecule has 0 radical (unpaired) electrons. The Bertz CT molecular complexity index is 1000. The van der Waals surface area contributed by atoms with Crippen molar-refractivity contribution in [2.24, 2.45) is 5.73 Å². The van der Waals surface area contributed by atoms with Gasteiger partial charge in [0, 0.05) is 20.1 Å². The van der Waals surface area contributed by atoms with Gasteiger partial charge in [0.2, 0.25) is 5.91 Å². The van der Waals surface area contributed by atoms with Gasteiger partial charge in [0.1, 0.15) is 10.6 Å². The maximum Gasteiger partial charge on any atom is 0.314 e. The van der Waals surface area contributed by atoms with Crippen LogP contribution in [0.1, 0.15) is 41.3 Å². The third kappa shape index (κ3) is 3.82. The molecule has 8 nitrogen and oxygen atoms in total. The average Bonchev–Trinajstić information content (AvgIpc) is 2.68. The van der Waals surface area contributed by atoms with Crippen molar-refractivity contribution in [1.29, 1.82) is 0 Å². The highest BCUT2D eigenvalue weighted by Gasteiger charge is 2.53. The first kappa shape index (κ1) is 21.6. The van der Waals surface area contributed by atoms with E-state index in [0.717, 1.165) is 11.1 Å². The number of benzene rings is 1. The van der Waals surface area contributed by atoms with Crippen LogP contribution in [0.5, 0.6) is 0 Å². The average molecular weight is 430 g/mol. The van der Waals surface area contributed by atoms with Crippen LogP contribution in [-0.2, 0) is 10.2 Å². The summed E-state index contributed by atoms with van der Waals surface area (Å²) >= 11 is 5.93. The monoisotopic (exact) mass is 429 g/mol. The summed E-state index contributed by atoms with van der Waals surface area (Å²) < 4.78 is 0. The molecule has 30 heavy (non-hydrogen) atoms. The number of rotatable bonds is 5. The zero-order valence-corrected chi connectivity index (χ0v) is 17.8. The van der Waals surface area contributed by atoms with Gasteiger partial charge in [-0.25, -0.2) is 9.78 Å². The summed E-state index contributed by atoms with van der Waals surface area (Å²) in [7, 11) is 1.49. The molecule has 4 N–H and O–H groups in total. The molecule has 4 amide bonds. The summed E-state index contributed by atoms with van der Waals surface area (Å²) in [6.07, 6.45) is 1.34. The lowest BCUT2D eigenvalue weighted by molar-refractivity contribution is -0.126. The predicted octanol–water partition coefficient (Wildman–Crippen LogP) is 2.49. The number of hydrogen-bond donors (Lipinski definition) is 3. The normalized spacial score (nSPS) is 14.8. The molecule has 0 atom stereocenters. The fourth-order valence-corrected chi connectivity index (χ4v) is 3.89. The van der Waals surface area contributed by atoms with Crippen LogP contribution in [-0.4, -0.2) is 47.9 Å². The van der Waals surface area contributed by atoms with Crippen LogP contribution in [0.4, 0.5) is 10.5 Å². The molecule has 2 heterocycles. The number of carbonyl (C=O) groups excluding carboxylic acids is 3. The molecular weight excluding hydrogens is 406 g/mol. The van der Waals surface area contributed by atoms with Crippen molar-refractivity contribution in [2.75, 3.05) is 25.5 Å². The van der Waals surface area contributed by atoms with Gasteiger partial charge in [-0.05, 0) is 23.1 Å². The molecule has 1 fully saturated rings. The molecule has 0 spiro atoms. The summed E-state index contributed by atoms with van der Waals surface area (Å²) in [5.74, 6) is -0.576. The van der Waals surface area contributed by atoms with Crippen LogP contribution < -0.4 is 16.4 Å². The number of pyridine rings is 1. The van der Waals surface area contributed by atoms with Crippen molar-refractivity contribution in [3.63, 3.8) is 0 Å². The molecule has 1 aliphatic heterocycles. The lowest BCUT2D eigenvalue weighted by Crippen LogP contribution is -2.67. The van der Waals surface area contributed by atoms with Crippen LogP contribution in [0.15, 0.2) is 36.5 Å². The molecule has 1 aromatic heterocycles. The minimum absolute atomic E-state index is 0.134. The van der Waals surface area contributed by atoms with E-state index in [2.05, 4.69) is 15.6 Å². The minimum atomic E-state index is -0.991. The van der Waals surface area contributed by atoms with E-state index in [9.17, 15) is 14.4 Å². The maximum absolute atomic E-state index is 13.5. The molecular formula is C21H24ClN5O3. The molecule has 0 saturated carbocycles. The zero-order valence-electron chi connectivity index (χ0n) is 17.0. The van der Waals surface area contributed by atoms with Gasteiger partial charge in [0.05, 0.1) is 17.4 Å². The molecule has 0 aliphatic carbocycles. The number of urea groups is 1. The summed E-state index contributed by atoms with van der Waals surface area (Å²) in [6.45, 7) is 4.38. The molecule has 1 aliphatic rings. The first-order valence-electron chi connectivity index (χ1n) is 9.52. The number of anilines is 1. The van der Waals surface area contributed by atoms with Gasteiger partial charge < -0.3 is 21.3 Å². The lowest BCUT2D eigenvalue weighted by Gasteiger charge is -2.49. The molecule has 0 bridgehead atoms. The molecule has 1 aromatic carbocycles. The van der Waals surface area contributed by atoms with Gasteiger partial charge in [-0.1, -0.05) is 49.7 Å². The van der Waals surface area contributed by atoms with Crippen molar-refractivity contribution in [3.05, 3.63) is 58.4 Å². The third-order valence-corrected chi connectivity index (χ3v) is 5.56. The van der Waals surface area contributed by atoms with Crippen molar-refractivity contribution in [3.8, 4) is 0 Å². The zero-order chi connectivity index (χ0) is 22.1. The first-order valence-corrected chi connectivity index (χ1v) is 9.90. The van der Waals surface area contributed by atoms with Gasteiger partial charge in [-0.3, -0.25) is 9.59 Å². The Balaban J connectivity index is 2.03. The second-order valence-electron chi connectivity index (χ2n) is 7.60. The van der Waals surface area contributed by atoms with E-state index in [1.807, 2.05) is 38.1 Å². The van der Waals surface area contributed by atoms with E-state index in [0.29, 0.717) is 0 Å². The summed E-state index contributed by atoms with van der Waals surface area (Å²) in [5.41, 5.74) is 6.71. The number of hydrogen-bond acceptors (Lipinski definition) is 4. The minimum Gasteiger partial charge on any atom is -0.355 e. The number of likely N-dealkylation sites (tertiary alicyclic amines) is 1. The van der Waals surface area contributed by atoms with E-state index in [4.69, 9.17) is 17.3 Å². The standard InChI is InChI=1S/C21H24ClN5O3/c1-12(2)13-6-4-5-7-15(13)21(10-27(11-21)20(23)30)19(29)26-16-9-25-17(22)8-14(16)18(28)24-3/h4-9,12H,10-11H2,1-3H3,(H2,23,30)(H,24,28)(H,26,29). The summed E-state index contributed by atoms with van der Waals surface area (Å²) in [4.78, 5) is 42.8. The van der Waals surface area contributed by atoms with E-state index < -0.39 is 17.4 Å². The van der Waals surface area contributed by atoms with Crippen LogP contribution in [0.2, 0.25) is 5.15 Å². The highest BCUT2D eigenvalue weighted by Crippen LogP contribution is 2.40. The number of amides is 4.